The fourth-order valence-corrected chi connectivity index (χ4v) is 6.30. The number of carbonyl (C=O) groups excluding carboxylic acids is 1. The first kappa shape index (κ1) is 18.5. The summed E-state index contributed by atoms with van der Waals surface area (Å²) in [4.78, 5) is 15.1. The number of amides is 1. The van der Waals surface area contributed by atoms with Gasteiger partial charge < -0.3 is 14.4 Å². The van der Waals surface area contributed by atoms with E-state index in [4.69, 9.17) is 9.47 Å². The average molecular weight is 407 g/mol. The maximum atomic E-state index is 13.3. The van der Waals surface area contributed by atoms with Crippen molar-refractivity contribution in [2.24, 2.45) is 5.92 Å². The molecule has 0 N–H and O–H groups in total. The highest BCUT2D eigenvalue weighted by atomic mass is 32.2. The Labute approximate surface area is 165 Å². The van der Waals surface area contributed by atoms with Gasteiger partial charge in [0.15, 0.2) is 0 Å². The number of ether oxygens (including phenoxy) is 2. The molecule has 152 valence electrons. The van der Waals surface area contributed by atoms with Gasteiger partial charge in [0.1, 0.15) is 0 Å². The molecule has 4 aliphatic rings. The van der Waals surface area contributed by atoms with Crippen LogP contribution in [0.4, 0.5) is 5.69 Å². The van der Waals surface area contributed by atoms with Crippen LogP contribution in [0.1, 0.15) is 44.6 Å². The smallest absolute Gasteiger partial charge is 0.292 e. The number of rotatable bonds is 4. The highest BCUT2D eigenvalue weighted by Gasteiger charge is 2.57. The molecule has 8 heteroatoms. The molecule has 1 amide bonds. The van der Waals surface area contributed by atoms with Crippen LogP contribution in [0, 0.1) is 5.92 Å². The summed E-state index contributed by atoms with van der Waals surface area (Å²) in [5.74, 6) is -1.21. The van der Waals surface area contributed by atoms with Crippen molar-refractivity contribution in [3.8, 4) is 0 Å². The van der Waals surface area contributed by atoms with Gasteiger partial charge in [0, 0.05) is 24.7 Å². The lowest BCUT2D eigenvalue weighted by Gasteiger charge is -2.32. The minimum absolute atomic E-state index is 0.0204. The summed E-state index contributed by atoms with van der Waals surface area (Å²) in [5, 5.41) is 0. The Balaban J connectivity index is 1.57. The van der Waals surface area contributed by atoms with E-state index in [0.717, 1.165) is 32.1 Å². The molecular formula is C20H26N2O5S. The Hall–Kier alpha value is -1.48. The van der Waals surface area contributed by atoms with Gasteiger partial charge in [-0.1, -0.05) is 6.42 Å². The molecule has 0 bridgehead atoms. The molecule has 1 spiro atoms. The maximum absolute atomic E-state index is 13.3. The Morgan fingerprint density at radius 3 is 2.57 bits per heavy atom. The Bertz CT molecular complexity index is 905. The number of anilines is 1. The zero-order valence-electron chi connectivity index (χ0n) is 16.1. The van der Waals surface area contributed by atoms with Crippen molar-refractivity contribution < 1.29 is 22.7 Å². The van der Waals surface area contributed by atoms with Crippen molar-refractivity contribution in [3.05, 3.63) is 23.8 Å². The molecular weight excluding hydrogens is 380 g/mol. The molecule has 0 radical (unpaired) electrons. The van der Waals surface area contributed by atoms with E-state index in [9.17, 15) is 13.2 Å². The lowest BCUT2D eigenvalue weighted by molar-refractivity contribution is -0.180. The summed E-state index contributed by atoms with van der Waals surface area (Å²) in [6, 6.07) is 4.95. The minimum atomic E-state index is -3.63. The molecule has 3 heterocycles. The predicted molar refractivity (Wildman–Crippen MR) is 102 cm³/mol. The van der Waals surface area contributed by atoms with Gasteiger partial charge in [0.25, 0.3) is 11.7 Å². The van der Waals surface area contributed by atoms with Gasteiger partial charge in [-0.15, -0.1) is 0 Å². The maximum Gasteiger partial charge on any atom is 0.292 e. The monoisotopic (exact) mass is 406 g/mol. The number of hydrogen-bond acceptors (Lipinski definition) is 5. The second-order valence-corrected chi connectivity index (χ2v) is 10.2. The van der Waals surface area contributed by atoms with Gasteiger partial charge in [-0.2, -0.15) is 4.31 Å². The molecule has 3 aliphatic heterocycles. The molecule has 0 aromatic heterocycles. The topological polar surface area (TPSA) is 76.1 Å². The SMILES string of the molecule is CC1CCCCN1S(=O)(=O)c1ccc2c(c1)C1(OCCO1)C(=O)N2CC1CC1. The zero-order chi connectivity index (χ0) is 19.5. The van der Waals surface area contributed by atoms with Crippen molar-refractivity contribution in [1.29, 1.82) is 0 Å². The largest absolute Gasteiger partial charge is 0.336 e. The van der Waals surface area contributed by atoms with Crippen LogP contribution in [0.2, 0.25) is 0 Å². The highest BCUT2D eigenvalue weighted by molar-refractivity contribution is 7.89. The average Bonchev–Trinajstić information content (AvgIpc) is 3.32. The van der Waals surface area contributed by atoms with Gasteiger partial charge in [0.05, 0.1) is 23.8 Å². The normalized spacial score (nSPS) is 27.5. The Morgan fingerprint density at radius 2 is 1.89 bits per heavy atom. The second kappa shape index (κ2) is 6.52. The predicted octanol–water partition coefficient (Wildman–Crippen LogP) is 2.21. The van der Waals surface area contributed by atoms with E-state index >= 15 is 0 Å². The number of fused-ring (bicyclic) bond motifs is 2. The molecule has 7 nitrogen and oxygen atoms in total. The second-order valence-electron chi connectivity index (χ2n) is 8.31. The van der Waals surface area contributed by atoms with Gasteiger partial charge in [-0.3, -0.25) is 4.79 Å². The number of nitrogens with zero attached hydrogens (tertiary/aromatic N) is 2. The van der Waals surface area contributed by atoms with E-state index in [1.54, 1.807) is 27.4 Å². The van der Waals surface area contributed by atoms with Crippen LogP contribution in [0.3, 0.4) is 0 Å². The standard InChI is InChI=1S/C20H26N2O5S/c1-14-4-2-3-9-22(14)28(24,25)16-7-8-18-17(12-16)20(26-10-11-27-20)19(23)21(18)13-15-5-6-15/h7-8,12,14-15H,2-6,9-11,13H2,1H3. The van der Waals surface area contributed by atoms with E-state index in [0.29, 0.717) is 43.5 Å². The molecule has 1 aliphatic carbocycles. The van der Waals surface area contributed by atoms with E-state index in [1.807, 2.05) is 6.92 Å². The van der Waals surface area contributed by atoms with Gasteiger partial charge in [-0.25, -0.2) is 8.42 Å². The first-order valence-corrected chi connectivity index (χ1v) is 11.6. The summed E-state index contributed by atoms with van der Waals surface area (Å²) in [5.41, 5.74) is 1.24. The van der Waals surface area contributed by atoms with Gasteiger partial charge >= 0.3 is 0 Å². The third-order valence-corrected chi connectivity index (χ3v) is 8.33. The molecule has 3 fully saturated rings. The van der Waals surface area contributed by atoms with Gasteiger partial charge in [-0.05, 0) is 56.7 Å². The van der Waals surface area contributed by atoms with Crippen molar-refractivity contribution in [2.45, 2.75) is 55.8 Å². The number of benzene rings is 1. The summed E-state index contributed by atoms with van der Waals surface area (Å²) in [6.45, 7) is 3.77. The quantitative estimate of drug-likeness (QED) is 0.766. The van der Waals surface area contributed by atoms with Crippen LogP contribution in [0.15, 0.2) is 23.1 Å². The summed E-state index contributed by atoms with van der Waals surface area (Å²) >= 11 is 0. The minimum Gasteiger partial charge on any atom is -0.336 e. The fraction of sp³-hybridized carbons (Fsp3) is 0.650. The molecule has 1 aromatic carbocycles. The van der Waals surface area contributed by atoms with Crippen LogP contribution >= 0.6 is 0 Å². The van der Waals surface area contributed by atoms with E-state index in [-0.39, 0.29) is 16.8 Å². The van der Waals surface area contributed by atoms with Crippen molar-refractivity contribution in [2.75, 3.05) is 31.2 Å². The lowest BCUT2D eigenvalue weighted by atomic mass is 10.1. The van der Waals surface area contributed by atoms with Crippen molar-refractivity contribution >= 4 is 21.6 Å². The summed E-state index contributed by atoms with van der Waals surface area (Å²) in [7, 11) is -3.63. The molecule has 1 unspecified atom stereocenters. The van der Waals surface area contributed by atoms with Crippen LogP contribution in [0.25, 0.3) is 0 Å². The fourth-order valence-electron chi connectivity index (χ4n) is 4.57. The number of piperidine rings is 1. The van der Waals surface area contributed by atoms with Crippen LogP contribution in [0.5, 0.6) is 0 Å². The Morgan fingerprint density at radius 1 is 1.14 bits per heavy atom. The molecule has 1 saturated carbocycles. The van der Waals surface area contributed by atoms with Crippen molar-refractivity contribution in [3.63, 3.8) is 0 Å². The first-order valence-electron chi connectivity index (χ1n) is 10.2. The molecule has 28 heavy (non-hydrogen) atoms. The summed E-state index contributed by atoms with van der Waals surface area (Å²) in [6.07, 6.45) is 5.03. The molecule has 1 atom stereocenters. The van der Waals surface area contributed by atoms with Gasteiger partial charge in [0.2, 0.25) is 10.0 Å². The van der Waals surface area contributed by atoms with Crippen LogP contribution in [-0.2, 0) is 30.1 Å². The van der Waals surface area contributed by atoms with E-state index in [1.165, 1.54) is 0 Å². The Kier molecular flexibility index (Phi) is 4.32. The van der Waals surface area contributed by atoms with Crippen LogP contribution < -0.4 is 4.90 Å². The highest BCUT2D eigenvalue weighted by Crippen LogP contribution is 2.48. The molecule has 5 rings (SSSR count). The molecule has 2 saturated heterocycles. The zero-order valence-corrected chi connectivity index (χ0v) is 16.9. The van der Waals surface area contributed by atoms with E-state index < -0.39 is 15.8 Å². The van der Waals surface area contributed by atoms with E-state index in [2.05, 4.69) is 0 Å². The summed E-state index contributed by atoms with van der Waals surface area (Å²) < 4.78 is 39.7. The lowest BCUT2D eigenvalue weighted by Crippen LogP contribution is -2.42. The third kappa shape index (κ3) is 2.73. The molecule has 1 aromatic rings. The first-order chi connectivity index (χ1) is 13.4. The number of sulfonamides is 1. The number of carbonyl (C=O) groups is 1. The third-order valence-electron chi connectivity index (χ3n) is 6.32. The number of hydrogen-bond donors (Lipinski definition) is 0. The van der Waals surface area contributed by atoms with Crippen LogP contribution in [-0.4, -0.2) is 51.0 Å². The van der Waals surface area contributed by atoms with Crippen molar-refractivity contribution in [1.82, 2.24) is 4.31 Å².